The van der Waals surface area contributed by atoms with Crippen LogP contribution in [0.4, 0.5) is 0 Å². The van der Waals surface area contributed by atoms with E-state index < -0.39 is 0 Å². The van der Waals surface area contributed by atoms with Crippen LogP contribution in [0.5, 0.6) is 0 Å². The second-order valence-corrected chi connectivity index (χ2v) is 4.90. The summed E-state index contributed by atoms with van der Waals surface area (Å²) in [4.78, 5) is 0. The third-order valence-electron chi connectivity index (χ3n) is 2.63. The first-order valence-electron chi connectivity index (χ1n) is 5.31. The SMILES string of the molecule is C/C=C(\C)c1n[nH]c(=S)n1-c1cccc(Cl)c1Cl. The van der Waals surface area contributed by atoms with Crippen LogP contribution in [0.15, 0.2) is 24.3 Å². The molecule has 0 saturated carbocycles. The normalized spacial score (nSPS) is 11.9. The lowest BCUT2D eigenvalue weighted by Crippen LogP contribution is -2.00. The van der Waals surface area contributed by atoms with Gasteiger partial charge in [-0.1, -0.05) is 35.3 Å². The van der Waals surface area contributed by atoms with Crippen molar-refractivity contribution in [3.63, 3.8) is 0 Å². The summed E-state index contributed by atoms with van der Waals surface area (Å²) in [6.07, 6.45) is 1.96. The maximum atomic E-state index is 6.22. The molecule has 0 bridgehead atoms. The lowest BCUT2D eigenvalue weighted by atomic mass is 10.2. The van der Waals surface area contributed by atoms with E-state index >= 15 is 0 Å². The van der Waals surface area contributed by atoms with Gasteiger partial charge in [-0.05, 0) is 43.8 Å². The molecule has 1 aromatic carbocycles. The van der Waals surface area contributed by atoms with Crippen molar-refractivity contribution >= 4 is 41.0 Å². The van der Waals surface area contributed by atoms with Crippen LogP contribution < -0.4 is 0 Å². The molecule has 0 fully saturated rings. The average Bonchev–Trinajstić information content (AvgIpc) is 2.74. The number of nitrogens with one attached hydrogen (secondary N) is 1. The first-order chi connectivity index (χ1) is 8.56. The molecule has 1 aromatic heterocycles. The van der Waals surface area contributed by atoms with Crippen LogP contribution in [0.25, 0.3) is 11.3 Å². The van der Waals surface area contributed by atoms with Crippen molar-refractivity contribution in [1.82, 2.24) is 14.8 Å². The van der Waals surface area contributed by atoms with Gasteiger partial charge in [0.15, 0.2) is 10.6 Å². The van der Waals surface area contributed by atoms with Gasteiger partial charge in [-0.3, -0.25) is 9.67 Å². The number of aromatic nitrogens is 3. The summed E-state index contributed by atoms with van der Waals surface area (Å²) in [5.74, 6) is 0.728. The number of aromatic amines is 1. The van der Waals surface area contributed by atoms with Crippen molar-refractivity contribution in [3.8, 4) is 5.69 Å². The molecule has 0 spiro atoms. The highest BCUT2D eigenvalue weighted by Gasteiger charge is 2.13. The van der Waals surface area contributed by atoms with Gasteiger partial charge in [-0.15, -0.1) is 0 Å². The Hall–Kier alpha value is -1.10. The fourth-order valence-corrected chi connectivity index (χ4v) is 2.19. The van der Waals surface area contributed by atoms with Crippen molar-refractivity contribution in [2.45, 2.75) is 13.8 Å². The first-order valence-corrected chi connectivity index (χ1v) is 6.47. The molecule has 0 radical (unpaired) electrons. The number of benzene rings is 1. The minimum absolute atomic E-state index is 0.460. The predicted molar refractivity (Wildman–Crippen MR) is 78.1 cm³/mol. The molecular weight excluding hydrogens is 289 g/mol. The van der Waals surface area contributed by atoms with Gasteiger partial charge in [-0.25, -0.2) is 0 Å². The Morgan fingerprint density at radius 2 is 2.17 bits per heavy atom. The summed E-state index contributed by atoms with van der Waals surface area (Å²) < 4.78 is 2.26. The summed E-state index contributed by atoms with van der Waals surface area (Å²) >= 11 is 17.5. The molecule has 1 N–H and O–H groups in total. The molecule has 0 unspecified atom stereocenters. The topological polar surface area (TPSA) is 33.6 Å². The molecule has 18 heavy (non-hydrogen) atoms. The maximum Gasteiger partial charge on any atom is 0.200 e. The Bertz CT molecular complexity index is 670. The standard InChI is InChI=1S/C12H11Cl2N3S/c1-3-7(2)11-15-16-12(18)17(11)9-6-4-5-8(13)10(9)14/h3-6H,1-2H3,(H,16,18)/b7-3+. The number of H-pyrrole nitrogens is 1. The minimum Gasteiger partial charge on any atom is -0.267 e. The molecule has 2 rings (SSSR count). The largest absolute Gasteiger partial charge is 0.267 e. The lowest BCUT2D eigenvalue weighted by Gasteiger charge is -2.09. The highest BCUT2D eigenvalue weighted by atomic mass is 35.5. The van der Waals surface area contributed by atoms with Crippen LogP contribution in [0.1, 0.15) is 19.7 Å². The molecule has 1 heterocycles. The van der Waals surface area contributed by atoms with Gasteiger partial charge in [0, 0.05) is 0 Å². The van der Waals surface area contributed by atoms with E-state index in [0.717, 1.165) is 17.1 Å². The molecule has 0 saturated heterocycles. The number of hydrogen-bond donors (Lipinski definition) is 1. The molecule has 0 atom stereocenters. The number of halogens is 2. The zero-order chi connectivity index (χ0) is 13.3. The van der Waals surface area contributed by atoms with Crippen LogP contribution in [0.3, 0.4) is 0 Å². The third kappa shape index (κ3) is 2.23. The Morgan fingerprint density at radius 1 is 1.44 bits per heavy atom. The summed E-state index contributed by atoms with van der Waals surface area (Å²) in [5.41, 5.74) is 1.72. The molecule has 0 amide bonds. The smallest absolute Gasteiger partial charge is 0.200 e. The van der Waals surface area contributed by atoms with Gasteiger partial charge < -0.3 is 0 Å². The maximum absolute atomic E-state index is 6.22. The van der Waals surface area contributed by atoms with Crippen molar-refractivity contribution in [2.24, 2.45) is 0 Å². The van der Waals surface area contributed by atoms with Gasteiger partial charge in [0.1, 0.15) is 0 Å². The molecule has 0 aliphatic heterocycles. The summed E-state index contributed by atoms with van der Waals surface area (Å²) in [6.45, 7) is 3.90. The van der Waals surface area contributed by atoms with E-state index in [4.69, 9.17) is 35.4 Å². The molecule has 3 nitrogen and oxygen atoms in total. The first kappa shape index (κ1) is 13.3. The number of hydrogen-bond acceptors (Lipinski definition) is 2. The molecular formula is C12H11Cl2N3S. The Balaban J connectivity index is 2.75. The van der Waals surface area contributed by atoms with E-state index in [-0.39, 0.29) is 0 Å². The predicted octanol–water partition coefficient (Wildman–Crippen LogP) is 4.66. The lowest BCUT2D eigenvalue weighted by molar-refractivity contribution is 1.01. The fourth-order valence-electron chi connectivity index (χ4n) is 1.58. The van der Waals surface area contributed by atoms with Gasteiger partial charge in [-0.2, -0.15) is 5.10 Å². The van der Waals surface area contributed by atoms with Crippen molar-refractivity contribution in [3.05, 3.63) is 44.9 Å². The zero-order valence-corrected chi connectivity index (χ0v) is 12.2. The highest BCUT2D eigenvalue weighted by Crippen LogP contribution is 2.30. The van der Waals surface area contributed by atoms with E-state index in [1.165, 1.54) is 0 Å². The zero-order valence-electron chi connectivity index (χ0n) is 9.87. The fraction of sp³-hybridized carbons (Fsp3) is 0.167. The van der Waals surface area contributed by atoms with Crippen LogP contribution >= 0.6 is 35.4 Å². The van der Waals surface area contributed by atoms with Crippen LogP contribution in [0.2, 0.25) is 10.0 Å². The molecule has 94 valence electrons. The van der Waals surface area contributed by atoms with E-state index in [2.05, 4.69) is 10.2 Å². The monoisotopic (exact) mass is 299 g/mol. The van der Waals surface area contributed by atoms with Crippen molar-refractivity contribution in [1.29, 1.82) is 0 Å². The second kappa shape index (κ2) is 5.26. The Labute approximate surface area is 120 Å². The number of rotatable bonds is 2. The Morgan fingerprint density at radius 3 is 2.83 bits per heavy atom. The summed E-state index contributed by atoms with van der Waals surface area (Å²) in [7, 11) is 0. The number of allylic oxidation sites excluding steroid dienone is 2. The molecule has 0 aliphatic rings. The van der Waals surface area contributed by atoms with E-state index in [9.17, 15) is 0 Å². The molecule has 0 aliphatic carbocycles. The van der Waals surface area contributed by atoms with E-state index in [1.807, 2.05) is 32.1 Å². The van der Waals surface area contributed by atoms with E-state index in [1.54, 1.807) is 10.6 Å². The summed E-state index contributed by atoms with van der Waals surface area (Å²) in [6, 6.07) is 5.42. The van der Waals surface area contributed by atoms with Crippen LogP contribution in [-0.4, -0.2) is 14.8 Å². The summed E-state index contributed by atoms with van der Waals surface area (Å²) in [5, 5.41) is 7.93. The Kier molecular flexibility index (Phi) is 3.90. The van der Waals surface area contributed by atoms with Gasteiger partial charge >= 0.3 is 0 Å². The molecule has 6 heteroatoms. The van der Waals surface area contributed by atoms with Crippen molar-refractivity contribution < 1.29 is 0 Å². The highest BCUT2D eigenvalue weighted by molar-refractivity contribution is 7.71. The average molecular weight is 300 g/mol. The quantitative estimate of drug-likeness (QED) is 0.818. The van der Waals surface area contributed by atoms with Gasteiger partial charge in [0.2, 0.25) is 0 Å². The van der Waals surface area contributed by atoms with Gasteiger partial charge in [0.25, 0.3) is 0 Å². The van der Waals surface area contributed by atoms with Crippen LogP contribution in [-0.2, 0) is 0 Å². The minimum atomic E-state index is 0.460. The second-order valence-electron chi connectivity index (χ2n) is 3.73. The van der Waals surface area contributed by atoms with Gasteiger partial charge in [0.05, 0.1) is 15.7 Å². The van der Waals surface area contributed by atoms with Crippen molar-refractivity contribution in [2.75, 3.05) is 0 Å². The van der Waals surface area contributed by atoms with Crippen LogP contribution in [0, 0.1) is 4.77 Å². The third-order valence-corrected chi connectivity index (χ3v) is 3.71. The molecule has 2 aromatic rings. The van der Waals surface area contributed by atoms with E-state index in [0.29, 0.717) is 14.8 Å². The number of nitrogens with zero attached hydrogens (tertiary/aromatic N) is 2.